The predicted octanol–water partition coefficient (Wildman–Crippen LogP) is 2.99. The van der Waals surface area contributed by atoms with Gasteiger partial charge in [-0.05, 0) is 32.2 Å². The Morgan fingerprint density at radius 3 is 2.69 bits per heavy atom. The summed E-state index contributed by atoms with van der Waals surface area (Å²) in [6.45, 7) is 3.79. The molecule has 1 fully saturated rings. The van der Waals surface area contributed by atoms with Crippen molar-refractivity contribution in [3.05, 3.63) is 54.1 Å². The standard InChI is InChI=1S/C20H19F3N8O/c1-12-26-19(32-28-12)15-11-30(8-7-29(15)2)17-5-6-24-18(27-17)14-9-25-16-4-3-13(10-31(14)16)20(21,22)23/h3-6,9-10,15H,7-8,11H2,1-2H3. The van der Waals surface area contributed by atoms with E-state index in [2.05, 4.69) is 34.9 Å². The molecule has 0 aromatic carbocycles. The van der Waals surface area contributed by atoms with Crippen molar-refractivity contribution in [1.29, 1.82) is 0 Å². The number of rotatable bonds is 3. The largest absolute Gasteiger partial charge is 0.417 e. The number of hydrogen-bond donors (Lipinski definition) is 0. The lowest BCUT2D eigenvalue weighted by atomic mass is 10.1. The molecule has 0 bridgehead atoms. The number of aromatic nitrogens is 6. The molecule has 1 saturated heterocycles. The van der Waals surface area contributed by atoms with E-state index in [1.165, 1.54) is 16.7 Å². The molecule has 1 aliphatic heterocycles. The second-order valence-electron chi connectivity index (χ2n) is 7.65. The van der Waals surface area contributed by atoms with Crippen molar-refractivity contribution >= 4 is 11.5 Å². The van der Waals surface area contributed by atoms with Gasteiger partial charge in [0.05, 0.1) is 11.8 Å². The first kappa shape index (κ1) is 20.4. The lowest BCUT2D eigenvalue weighted by molar-refractivity contribution is -0.137. The summed E-state index contributed by atoms with van der Waals surface area (Å²) >= 11 is 0. The molecule has 1 aliphatic rings. The van der Waals surface area contributed by atoms with Gasteiger partial charge in [-0.2, -0.15) is 18.2 Å². The van der Waals surface area contributed by atoms with E-state index in [1.807, 2.05) is 7.05 Å². The third-order valence-electron chi connectivity index (χ3n) is 5.50. The topological polar surface area (TPSA) is 88.5 Å². The maximum absolute atomic E-state index is 13.2. The molecular weight excluding hydrogens is 425 g/mol. The minimum atomic E-state index is -4.46. The van der Waals surface area contributed by atoms with Crippen LogP contribution in [0.15, 0.2) is 41.3 Å². The van der Waals surface area contributed by atoms with E-state index in [4.69, 9.17) is 4.52 Å². The zero-order valence-electron chi connectivity index (χ0n) is 17.3. The Morgan fingerprint density at radius 1 is 1.09 bits per heavy atom. The maximum Gasteiger partial charge on any atom is 0.417 e. The number of piperazine rings is 1. The van der Waals surface area contributed by atoms with Crippen molar-refractivity contribution in [2.45, 2.75) is 19.1 Å². The zero-order chi connectivity index (χ0) is 22.5. The fourth-order valence-corrected chi connectivity index (χ4v) is 3.76. The molecule has 0 N–H and O–H groups in total. The molecule has 0 spiro atoms. The maximum atomic E-state index is 13.2. The predicted molar refractivity (Wildman–Crippen MR) is 108 cm³/mol. The molecule has 166 valence electrons. The minimum absolute atomic E-state index is 0.103. The van der Waals surface area contributed by atoms with Crippen LogP contribution >= 0.6 is 0 Å². The van der Waals surface area contributed by atoms with Crippen LogP contribution in [0, 0.1) is 6.92 Å². The normalized spacial score (nSPS) is 17.9. The number of fused-ring (bicyclic) bond motifs is 1. The molecule has 1 unspecified atom stereocenters. The number of pyridine rings is 1. The summed E-state index contributed by atoms with van der Waals surface area (Å²) in [4.78, 5) is 21.7. The molecule has 0 aliphatic carbocycles. The van der Waals surface area contributed by atoms with Crippen molar-refractivity contribution in [2.75, 3.05) is 31.6 Å². The van der Waals surface area contributed by atoms with Crippen LogP contribution in [-0.2, 0) is 6.18 Å². The van der Waals surface area contributed by atoms with Gasteiger partial charge >= 0.3 is 6.18 Å². The summed E-state index contributed by atoms with van der Waals surface area (Å²) in [5.41, 5.74) is -0.00301. The van der Waals surface area contributed by atoms with Gasteiger partial charge in [-0.25, -0.2) is 15.0 Å². The highest BCUT2D eigenvalue weighted by Crippen LogP contribution is 2.31. The van der Waals surface area contributed by atoms with Crippen LogP contribution in [0.3, 0.4) is 0 Å². The van der Waals surface area contributed by atoms with Gasteiger partial charge in [0.2, 0.25) is 5.89 Å². The number of aryl methyl sites for hydroxylation is 1. The highest BCUT2D eigenvalue weighted by Gasteiger charge is 2.32. The Labute approximate surface area is 180 Å². The van der Waals surface area contributed by atoms with Crippen molar-refractivity contribution in [3.8, 4) is 11.5 Å². The second kappa shape index (κ2) is 7.55. The van der Waals surface area contributed by atoms with Crippen LogP contribution in [0.4, 0.5) is 19.0 Å². The van der Waals surface area contributed by atoms with Crippen LogP contribution < -0.4 is 4.90 Å². The summed E-state index contributed by atoms with van der Waals surface area (Å²) in [5.74, 6) is 2.05. The first-order valence-corrected chi connectivity index (χ1v) is 9.93. The highest BCUT2D eigenvalue weighted by atomic mass is 19.4. The van der Waals surface area contributed by atoms with Crippen molar-refractivity contribution in [3.63, 3.8) is 0 Å². The van der Waals surface area contributed by atoms with Gasteiger partial charge in [0.1, 0.15) is 23.2 Å². The van der Waals surface area contributed by atoms with E-state index in [0.717, 1.165) is 18.8 Å². The van der Waals surface area contributed by atoms with E-state index >= 15 is 0 Å². The first-order valence-electron chi connectivity index (χ1n) is 9.93. The smallest absolute Gasteiger partial charge is 0.353 e. The summed E-state index contributed by atoms with van der Waals surface area (Å²) < 4.78 is 46.3. The molecule has 12 heteroatoms. The van der Waals surface area contributed by atoms with Gasteiger partial charge in [0.25, 0.3) is 0 Å². The van der Waals surface area contributed by atoms with Gasteiger partial charge in [-0.1, -0.05) is 5.16 Å². The number of hydrogen-bond acceptors (Lipinski definition) is 8. The third-order valence-corrected chi connectivity index (χ3v) is 5.50. The number of imidazole rings is 1. The van der Waals surface area contributed by atoms with Crippen LogP contribution in [0.1, 0.15) is 23.3 Å². The number of alkyl halides is 3. The van der Waals surface area contributed by atoms with Crippen LogP contribution in [-0.4, -0.2) is 61.1 Å². The van der Waals surface area contributed by atoms with E-state index in [1.54, 1.807) is 19.2 Å². The fraction of sp³-hybridized carbons (Fsp3) is 0.350. The molecule has 4 aromatic heterocycles. The van der Waals surface area contributed by atoms with Crippen LogP contribution in [0.25, 0.3) is 17.2 Å². The molecule has 0 amide bonds. The summed E-state index contributed by atoms with van der Waals surface area (Å²) in [6, 6.07) is 4.00. The second-order valence-corrected chi connectivity index (χ2v) is 7.65. The lowest BCUT2D eigenvalue weighted by Crippen LogP contribution is -2.47. The molecule has 5 heterocycles. The molecule has 9 nitrogen and oxygen atoms in total. The molecule has 0 radical (unpaired) electrons. The first-order chi connectivity index (χ1) is 15.3. The Kier molecular flexibility index (Phi) is 4.81. The SMILES string of the molecule is Cc1noc(C2CN(c3ccnc(-c4cnc5ccc(C(F)(F)F)cn45)n3)CCN2C)n1. The monoisotopic (exact) mass is 444 g/mol. The van der Waals surface area contributed by atoms with E-state index in [-0.39, 0.29) is 6.04 Å². The van der Waals surface area contributed by atoms with Gasteiger partial charge in [0, 0.05) is 32.0 Å². The zero-order valence-corrected chi connectivity index (χ0v) is 17.3. The molecular formula is C20H19F3N8O. The average molecular weight is 444 g/mol. The van der Waals surface area contributed by atoms with E-state index in [0.29, 0.717) is 47.8 Å². The molecule has 4 aromatic rings. The fourth-order valence-electron chi connectivity index (χ4n) is 3.76. The third kappa shape index (κ3) is 3.66. The van der Waals surface area contributed by atoms with Crippen molar-refractivity contribution in [1.82, 2.24) is 34.4 Å². The van der Waals surface area contributed by atoms with E-state index in [9.17, 15) is 13.2 Å². The molecule has 0 saturated carbocycles. The molecule has 32 heavy (non-hydrogen) atoms. The Balaban J connectivity index is 1.47. The number of halogens is 3. The van der Waals surface area contributed by atoms with Crippen LogP contribution in [0.5, 0.6) is 0 Å². The van der Waals surface area contributed by atoms with Gasteiger partial charge in [-0.3, -0.25) is 9.30 Å². The number of likely N-dealkylation sites (N-methyl/N-ethyl adjacent to an activating group) is 1. The quantitative estimate of drug-likeness (QED) is 0.477. The average Bonchev–Trinajstić information content (AvgIpc) is 3.39. The Hall–Kier alpha value is -3.54. The molecule has 1 atom stereocenters. The Morgan fingerprint density at radius 2 is 1.94 bits per heavy atom. The molecule has 5 rings (SSSR count). The number of nitrogens with zero attached hydrogens (tertiary/aromatic N) is 8. The summed E-state index contributed by atoms with van der Waals surface area (Å²) in [6.07, 6.45) is -0.380. The van der Waals surface area contributed by atoms with Gasteiger partial charge in [0.15, 0.2) is 11.6 Å². The number of anilines is 1. The lowest BCUT2D eigenvalue weighted by Gasteiger charge is -2.38. The van der Waals surface area contributed by atoms with Crippen molar-refractivity contribution < 1.29 is 17.7 Å². The van der Waals surface area contributed by atoms with Gasteiger partial charge < -0.3 is 9.42 Å². The Bertz CT molecular complexity index is 1270. The highest BCUT2D eigenvalue weighted by molar-refractivity contribution is 5.59. The van der Waals surface area contributed by atoms with Crippen LogP contribution in [0.2, 0.25) is 0 Å². The van der Waals surface area contributed by atoms with E-state index < -0.39 is 11.7 Å². The van der Waals surface area contributed by atoms with Gasteiger partial charge in [-0.15, -0.1) is 0 Å². The van der Waals surface area contributed by atoms with Crippen molar-refractivity contribution in [2.24, 2.45) is 0 Å². The minimum Gasteiger partial charge on any atom is -0.353 e. The summed E-state index contributed by atoms with van der Waals surface area (Å²) in [5, 5.41) is 3.88. The summed E-state index contributed by atoms with van der Waals surface area (Å²) in [7, 11) is 1.99.